The van der Waals surface area contributed by atoms with E-state index in [1.54, 1.807) is 11.0 Å². The monoisotopic (exact) mass is 294 g/mol. The first kappa shape index (κ1) is 15.6. The maximum absolute atomic E-state index is 13.8. The highest BCUT2D eigenvalue weighted by Gasteiger charge is 2.29. The summed E-state index contributed by atoms with van der Waals surface area (Å²) in [6.07, 6.45) is 0.475. The van der Waals surface area contributed by atoms with Crippen LogP contribution in [-0.4, -0.2) is 35.7 Å². The van der Waals surface area contributed by atoms with Crippen molar-refractivity contribution >= 4 is 11.8 Å². The number of nitrogens with one attached hydrogen (secondary N) is 1. The van der Waals surface area contributed by atoms with Crippen LogP contribution in [0, 0.1) is 12.7 Å². The Labute approximate surface area is 125 Å². The SMILES string of the molecule is Cc1ccc(NC2CCN(C(=O)OC(C)(C)C)C2)c(F)c1. The average molecular weight is 294 g/mol. The van der Waals surface area contributed by atoms with Gasteiger partial charge in [0.05, 0.1) is 5.69 Å². The summed E-state index contributed by atoms with van der Waals surface area (Å²) in [5.41, 5.74) is 0.877. The molecule has 116 valence electrons. The van der Waals surface area contributed by atoms with E-state index in [0.29, 0.717) is 18.8 Å². The van der Waals surface area contributed by atoms with Gasteiger partial charge in [0, 0.05) is 19.1 Å². The van der Waals surface area contributed by atoms with Crippen LogP contribution in [0.4, 0.5) is 14.9 Å². The van der Waals surface area contributed by atoms with Crippen LogP contribution in [0.15, 0.2) is 18.2 Å². The standard InChI is InChI=1S/C16H23FN2O2/c1-11-5-6-14(13(17)9-11)18-12-7-8-19(10-12)15(20)21-16(2,3)4/h5-6,9,12,18H,7-8,10H2,1-4H3. The summed E-state index contributed by atoms with van der Waals surface area (Å²) in [7, 11) is 0. The molecule has 1 fully saturated rings. The van der Waals surface area contributed by atoms with Gasteiger partial charge in [-0.2, -0.15) is 0 Å². The van der Waals surface area contributed by atoms with Gasteiger partial charge in [0.1, 0.15) is 11.4 Å². The number of likely N-dealkylation sites (tertiary alicyclic amines) is 1. The third kappa shape index (κ3) is 4.34. The van der Waals surface area contributed by atoms with E-state index in [9.17, 15) is 9.18 Å². The summed E-state index contributed by atoms with van der Waals surface area (Å²) >= 11 is 0. The molecule has 1 heterocycles. The lowest BCUT2D eigenvalue weighted by atomic mass is 10.2. The molecule has 1 amide bonds. The highest BCUT2D eigenvalue weighted by molar-refractivity contribution is 5.68. The number of benzene rings is 1. The van der Waals surface area contributed by atoms with E-state index in [4.69, 9.17) is 4.74 Å². The lowest BCUT2D eigenvalue weighted by Crippen LogP contribution is -2.36. The van der Waals surface area contributed by atoms with Crippen molar-refractivity contribution in [3.63, 3.8) is 0 Å². The molecule has 0 aliphatic carbocycles. The first-order valence-electron chi connectivity index (χ1n) is 7.25. The fourth-order valence-electron chi connectivity index (χ4n) is 2.33. The van der Waals surface area contributed by atoms with E-state index >= 15 is 0 Å². The summed E-state index contributed by atoms with van der Waals surface area (Å²) in [5, 5.41) is 3.16. The maximum atomic E-state index is 13.8. The number of nitrogens with zero attached hydrogens (tertiary/aromatic N) is 1. The average Bonchev–Trinajstić information content (AvgIpc) is 2.79. The minimum Gasteiger partial charge on any atom is -0.444 e. The number of hydrogen-bond donors (Lipinski definition) is 1. The molecule has 21 heavy (non-hydrogen) atoms. The zero-order valence-corrected chi connectivity index (χ0v) is 13.1. The molecule has 0 aromatic heterocycles. The van der Waals surface area contributed by atoms with E-state index in [-0.39, 0.29) is 18.0 Å². The molecule has 5 heteroatoms. The summed E-state index contributed by atoms with van der Waals surface area (Å²) in [6.45, 7) is 8.55. The second-order valence-electron chi connectivity index (χ2n) is 6.54. The fourth-order valence-corrected chi connectivity index (χ4v) is 2.33. The van der Waals surface area contributed by atoms with Crippen molar-refractivity contribution in [2.24, 2.45) is 0 Å². The van der Waals surface area contributed by atoms with Crippen LogP contribution in [0.1, 0.15) is 32.8 Å². The lowest BCUT2D eigenvalue weighted by molar-refractivity contribution is 0.0293. The molecular formula is C16H23FN2O2. The predicted octanol–water partition coefficient (Wildman–Crippen LogP) is 3.56. The van der Waals surface area contributed by atoms with Crippen molar-refractivity contribution in [2.75, 3.05) is 18.4 Å². The van der Waals surface area contributed by atoms with Gasteiger partial charge in [-0.1, -0.05) is 6.07 Å². The number of anilines is 1. The minimum absolute atomic E-state index is 0.0507. The van der Waals surface area contributed by atoms with Gasteiger partial charge in [-0.15, -0.1) is 0 Å². The number of carbonyl (C=O) groups excluding carboxylic acids is 1. The number of amides is 1. The molecule has 4 nitrogen and oxygen atoms in total. The molecule has 1 unspecified atom stereocenters. The third-order valence-corrected chi connectivity index (χ3v) is 3.32. The Morgan fingerprint density at radius 1 is 1.43 bits per heavy atom. The number of hydrogen-bond acceptors (Lipinski definition) is 3. The second-order valence-corrected chi connectivity index (χ2v) is 6.54. The number of carbonyl (C=O) groups is 1. The molecule has 1 atom stereocenters. The van der Waals surface area contributed by atoms with Crippen molar-refractivity contribution in [3.05, 3.63) is 29.6 Å². The second kappa shape index (κ2) is 5.92. The molecule has 1 N–H and O–H groups in total. The summed E-state index contributed by atoms with van der Waals surface area (Å²) < 4.78 is 19.2. The molecule has 0 spiro atoms. The van der Waals surface area contributed by atoms with E-state index in [1.807, 2.05) is 33.8 Å². The Balaban J connectivity index is 1.92. The molecule has 1 aliphatic rings. The van der Waals surface area contributed by atoms with Gasteiger partial charge < -0.3 is 15.0 Å². The van der Waals surface area contributed by atoms with E-state index in [2.05, 4.69) is 5.32 Å². The zero-order chi connectivity index (χ0) is 15.6. The Bertz CT molecular complexity index is 525. The van der Waals surface area contributed by atoms with Crippen molar-refractivity contribution in [2.45, 2.75) is 45.8 Å². The van der Waals surface area contributed by atoms with Gasteiger partial charge in [-0.25, -0.2) is 9.18 Å². The quantitative estimate of drug-likeness (QED) is 0.907. The zero-order valence-electron chi connectivity index (χ0n) is 13.1. The first-order chi connectivity index (χ1) is 9.74. The summed E-state index contributed by atoms with van der Waals surface area (Å²) in [5.74, 6) is -0.259. The van der Waals surface area contributed by atoms with Crippen molar-refractivity contribution in [3.8, 4) is 0 Å². The van der Waals surface area contributed by atoms with Gasteiger partial charge in [-0.3, -0.25) is 0 Å². The number of aryl methyl sites for hydroxylation is 1. The van der Waals surface area contributed by atoms with E-state index in [0.717, 1.165) is 12.0 Å². The highest BCUT2D eigenvalue weighted by Crippen LogP contribution is 2.21. The summed E-state index contributed by atoms with van der Waals surface area (Å²) in [6, 6.07) is 5.16. The van der Waals surface area contributed by atoms with Crippen LogP contribution in [-0.2, 0) is 4.74 Å². The molecule has 1 aliphatic heterocycles. The van der Waals surface area contributed by atoms with Gasteiger partial charge in [-0.05, 0) is 51.8 Å². The lowest BCUT2D eigenvalue weighted by Gasteiger charge is -2.24. The van der Waals surface area contributed by atoms with Gasteiger partial charge in [0.25, 0.3) is 0 Å². The smallest absolute Gasteiger partial charge is 0.410 e. The molecule has 1 aromatic rings. The Morgan fingerprint density at radius 3 is 2.76 bits per heavy atom. The molecule has 1 aromatic carbocycles. The van der Waals surface area contributed by atoms with Crippen LogP contribution in [0.3, 0.4) is 0 Å². The van der Waals surface area contributed by atoms with Crippen molar-refractivity contribution < 1.29 is 13.9 Å². The van der Waals surface area contributed by atoms with Crippen LogP contribution >= 0.6 is 0 Å². The van der Waals surface area contributed by atoms with Gasteiger partial charge in [0.2, 0.25) is 0 Å². The normalized spacial score (nSPS) is 18.7. The Kier molecular flexibility index (Phi) is 4.40. The molecule has 0 saturated carbocycles. The minimum atomic E-state index is -0.494. The van der Waals surface area contributed by atoms with Crippen LogP contribution in [0.5, 0.6) is 0 Å². The van der Waals surface area contributed by atoms with Crippen LogP contribution in [0.25, 0.3) is 0 Å². The molecule has 0 radical (unpaired) electrons. The molecule has 1 saturated heterocycles. The predicted molar refractivity (Wildman–Crippen MR) is 81.0 cm³/mol. The van der Waals surface area contributed by atoms with Crippen molar-refractivity contribution in [1.82, 2.24) is 4.90 Å². The Morgan fingerprint density at radius 2 is 2.14 bits per heavy atom. The highest BCUT2D eigenvalue weighted by atomic mass is 19.1. The largest absolute Gasteiger partial charge is 0.444 e. The molecular weight excluding hydrogens is 271 g/mol. The maximum Gasteiger partial charge on any atom is 0.410 e. The Hall–Kier alpha value is -1.78. The van der Waals surface area contributed by atoms with Crippen molar-refractivity contribution in [1.29, 1.82) is 0 Å². The first-order valence-corrected chi connectivity index (χ1v) is 7.25. The third-order valence-electron chi connectivity index (χ3n) is 3.32. The topological polar surface area (TPSA) is 41.6 Å². The van der Waals surface area contributed by atoms with Crippen LogP contribution in [0.2, 0.25) is 0 Å². The fraction of sp³-hybridized carbons (Fsp3) is 0.562. The van der Waals surface area contributed by atoms with E-state index in [1.165, 1.54) is 6.07 Å². The number of ether oxygens (including phenoxy) is 1. The number of rotatable bonds is 2. The van der Waals surface area contributed by atoms with Crippen LogP contribution < -0.4 is 5.32 Å². The molecule has 2 rings (SSSR count). The number of halogens is 1. The van der Waals surface area contributed by atoms with Gasteiger partial charge >= 0.3 is 6.09 Å². The summed E-state index contributed by atoms with van der Waals surface area (Å²) in [4.78, 5) is 13.6. The van der Waals surface area contributed by atoms with E-state index < -0.39 is 5.60 Å². The van der Waals surface area contributed by atoms with Gasteiger partial charge in [0.15, 0.2) is 0 Å². The molecule has 0 bridgehead atoms.